The molecule has 0 aliphatic heterocycles. The van der Waals surface area contributed by atoms with Crippen LogP contribution in [0.25, 0.3) is 0 Å². The van der Waals surface area contributed by atoms with Crippen LogP contribution >= 0.6 is 0 Å². The molecule has 1 atom stereocenters. The molecule has 0 amide bonds. The summed E-state index contributed by atoms with van der Waals surface area (Å²) in [6.45, 7) is 7.57. The van der Waals surface area contributed by atoms with Gasteiger partial charge in [-0.2, -0.15) is 0 Å². The molecule has 2 heteroatoms. The molecule has 0 saturated carbocycles. The molecule has 0 heterocycles. The third kappa shape index (κ3) is 2.31. The summed E-state index contributed by atoms with van der Waals surface area (Å²) >= 11 is 0. The molecule has 0 aromatic carbocycles. The first kappa shape index (κ1) is 9.37. The van der Waals surface area contributed by atoms with Crippen molar-refractivity contribution in [3.05, 3.63) is 12.2 Å². The lowest BCUT2D eigenvalue weighted by atomic mass is 10.1. The maximum atomic E-state index is 7.54. The largest absolute Gasteiger partial charge is 0.303 e. The lowest BCUT2D eigenvalue weighted by molar-refractivity contribution is 0.381. The van der Waals surface area contributed by atoms with E-state index in [4.69, 9.17) is 5.41 Å². The highest BCUT2D eigenvalue weighted by Crippen LogP contribution is 2.00. The second-order valence-corrected chi connectivity index (χ2v) is 2.83. The first-order valence-electron chi connectivity index (χ1n) is 3.37. The highest BCUT2D eigenvalue weighted by molar-refractivity contribution is 6.00. The lowest BCUT2D eigenvalue weighted by Crippen LogP contribution is -2.32. The van der Waals surface area contributed by atoms with Gasteiger partial charge in [0, 0.05) is 6.04 Å². The maximum absolute atomic E-state index is 7.54. The minimum absolute atomic E-state index is 0.178. The van der Waals surface area contributed by atoms with Crippen molar-refractivity contribution in [3.8, 4) is 0 Å². The topological polar surface area (TPSA) is 27.1 Å². The van der Waals surface area contributed by atoms with Gasteiger partial charge >= 0.3 is 0 Å². The summed E-state index contributed by atoms with van der Waals surface area (Å²) in [5.41, 5.74) is 1.46. The molecule has 0 aromatic rings. The molecule has 0 radical (unpaired) electrons. The number of nitrogens with zero attached hydrogens (tertiary/aromatic N) is 1. The Morgan fingerprint density at radius 3 is 2.00 bits per heavy atom. The minimum atomic E-state index is 0.178. The van der Waals surface area contributed by atoms with Crippen LogP contribution in [0.4, 0.5) is 0 Å². The molecule has 0 aliphatic carbocycles. The Kier molecular flexibility index (Phi) is 3.30. The van der Waals surface area contributed by atoms with Gasteiger partial charge in [-0.05, 0) is 33.5 Å². The molecule has 0 fully saturated rings. The van der Waals surface area contributed by atoms with Gasteiger partial charge in [-0.15, -0.1) is 0 Å². The highest BCUT2D eigenvalue weighted by atomic mass is 15.1. The van der Waals surface area contributed by atoms with Crippen LogP contribution in [0.15, 0.2) is 12.2 Å². The predicted molar refractivity (Wildman–Crippen MR) is 45.7 cm³/mol. The van der Waals surface area contributed by atoms with Gasteiger partial charge in [-0.1, -0.05) is 6.58 Å². The fourth-order valence-corrected chi connectivity index (χ4v) is 0.615. The Balaban J connectivity index is 4.08. The molecule has 0 bridgehead atoms. The van der Waals surface area contributed by atoms with E-state index in [1.807, 2.05) is 32.8 Å². The zero-order valence-electron chi connectivity index (χ0n) is 7.23. The summed E-state index contributed by atoms with van der Waals surface area (Å²) in [4.78, 5) is 2.00. The van der Waals surface area contributed by atoms with Gasteiger partial charge in [0.25, 0.3) is 0 Å². The zero-order valence-corrected chi connectivity index (χ0v) is 7.23. The van der Waals surface area contributed by atoms with E-state index < -0.39 is 0 Å². The molecule has 0 saturated heterocycles. The predicted octanol–water partition coefficient (Wildman–Crippen LogP) is 1.53. The van der Waals surface area contributed by atoms with Crippen LogP contribution in [0.1, 0.15) is 13.8 Å². The monoisotopic (exact) mass is 140 g/mol. The SMILES string of the molecule is C=C(C)C(=N)C(C)N(C)C. The fraction of sp³-hybridized carbons (Fsp3) is 0.625. The average molecular weight is 140 g/mol. The smallest absolute Gasteiger partial charge is 0.0505 e. The van der Waals surface area contributed by atoms with Gasteiger partial charge in [-0.25, -0.2) is 0 Å². The van der Waals surface area contributed by atoms with E-state index in [-0.39, 0.29) is 6.04 Å². The van der Waals surface area contributed by atoms with E-state index in [0.717, 1.165) is 5.57 Å². The van der Waals surface area contributed by atoms with E-state index in [2.05, 4.69) is 6.58 Å². The maximum Gasteiger partial charge on any atom is 0.0505 e. The Labute approximate surface area is 63.0 Å². The van der Waals surface area contributed by atoms with Crippen LogP contribution in [0.2, 0.25) is 0 Å². The van der Waals surface area contributed by atoms with E-state index in [1.54, 1.807) is 0 Å². The van der Waals surface area contributed by atoms with Gasteiger partial charge in [0.1, 0.15) is 0 Å². The molecule has 58 valence electrons. The Morgan fingerprint density at radius 1 is 1.50 bits per heavy atom. The van der Waals surface area contributed by atoms with Gasteiger partial charge in [0.2, 0.25) is 0 Å². The van der Waals surface area contributed by atoms with Gasteiger partial charge in [0.15, 0.2) is 0 Å². The number of rotatable bonds is 3. The average Bonchev–Trinajstić information content (AvgIpc) is 1.84. The van der Waals surface area contributed by atoms with Crippen molar-refractivity contribution in [2.75, 3.05) is 14.1 Å². The lowest BCUT2D eigenvalue weighted by Gasteiger charge is -2.20. The van der Waals surface area contributed by atoms with Crippen molar-refractivity contribution in [2.24, 2.45) is 0 Å². The second-order valence-electron chi connectivity index (χ2n) is 2.83. The molecule has 0 rings (SSSR count). The molecule has 0 spiro atoms. The van der Waals surface area contributed by atoms with E-state index in [9.17, 15) is 0 Å². The number of hydrogen-bond acceptors (Lipinski definition) is 2. The molecule has 1 N–H and O–H groups in total. The van der Waals surface area contributed by atoms with Crippen LogP contribution < -0.4 is 0 Å². The summed E-state index contributed by atoms with van der Waals surface area (Å²) in [7, 11) is 3.92. The normalized spacial score (nSPS) is 13.3. The Hall–Kier alpha value is -0.630. The van der Waals surface area contributed by atoms with E-state index in [1.165, 1.54) is 0 Å². The van der Waals surface area contributed by atoms with Crippen LogP contribution in [-0.4, -0.2) is 30.7 Å². The van der Waals surface area contributed by atoms with Crippen LogP contribution in [0.3, 0.4) is 0 Å². The van der Waals surface area contributed by atoms with Gasteiger partial charge < -0.3 is 10.3 Å². The molecule has 1 unspecified atom stereocenters. The first-order valence-corrected chi connectivity index (χ1v) is 3.37. The van der Waals surface area contributed by atoms with E-state index >= 15 is 0 Å². The molecular formula is C8H16N2. The molecular weight excluding hydrogens is 124 g/mol. The zero-order chi connectivity index (χ0) is 8.31. The standard InChI is InChI=1S/C8H16N2/c1-6(2)8(9)7(3)10(4)5/h7,9H,1H2,2-5H3. The number of hydrogen-bond donors (Lipinski definition) is 1. The first-order chi connectivity index (χ1) is 4.46. The summed E-state index contributed by atoms with van der Waals surface area (Å²) < 4.78 is 0. The van der Waals surface area contributed by atoms with Crippen molar-refractivity contribution in [3.63, 3.8) is 0 Å². The summed E-state index contributed by atoms with van der Waals surface area (Å²) in [5, 5.41) is 7.54. The molecule has 10 heavy (non-hydrogen) atoms. The molecule has 0 aromatic heterocycles. The van der Waals surface area contributed by atoms with Crippen molar-refractivity contribution < 1.29 is 0 Å². The highest BCUT2D eigenvalue weighted by Gasteiger charge is 2.10. The van der Waals surface area contributed by atoms with Crippen molar-refractivity contribution in [1.29, 1.82) is 5.41 Å². The Bertz CT molecular complexity index is 147. The molecule has 0 aliphatic rings. The third-order valence-corrected chi connectivity index (χ3v) is 1.65. The third-order valence-electron chi connectivity index (χ3n) is 1.65. The Morgan fingerprint density at radius 2 is 1.90 bits per heavy atom. The van der Waals surface area contributed by atoms with Crippen molar-refractivity contribution in [2.45, 2.75) is 19.9 Å². The van der Waals surface area contributed by atoms with Crippen LogP contribution in [-0.2, 0) is 0 Å². The van der Waals surface area contributed by atoms with Crippen LogP contribution in [0.5, 0.6) is 0 Å². The second kappa shape index (κ2) is 3.52. The minimum Gasteiger partial charge on any atom is -0.303 e. The summed E-state index contributed by atoms with van der Waals surface area (Å²) in [6.07, 6.45) is 0. The quantitative estimate of drug-likeness (QED) is 0.591. The summed E-state index contributed by atoms with van der Waals surface area (Å²) in [6, 6.07) is 0.178. The summed E-state index contributed by atoms with van der Waals surface area (Å²) in [5.74, 6) is 0. The van der Waals surface area contributed by atoms with Crippen LogP contribution in [0, 0.1) is 5.41 Å². The number of nitrogens with one attached hydrogen (secondary N) is 1. The van der Waals surface area contributed by atoms with Gasteiger partial charge in [0.05, 0.1) is 5.71 Å². The van der Waals surface area contributed by atoms with Crippen molar-refractivity contribution >= 4 is 5.71 Å². The van der Waals surface area contributed by atoms with Crippen molar-refractivity contribution in [1.82, 2.24) is 4.90 Å². The van der Waals surface area contributed by atoms with E-state index in [0.29, 0.717) is 5.71 Å². The fourth-order valence-electron chi connectivity index (χ4n) is 0.615. The van der Waals surface area contributed by atoms with Gasteiger partial charge in [-0.3, -0.25) is 0 Å². The molecule has 2 nitrogen and oxygen atoms in total.